The van der Waals surface area contributed by atoms with Gasteiger partial charge in [0, 0.05) is 19.4 Å². The number of nitrogens with one attached hydrogen (secondary N) is 2. The average Bonchev–Trinajstić information content (AvgIpc) is 2.50. The zero-order valence-electron chi connectivity index (χ0n) is 13.2. The number of hydrogen-bond acceptors (Lipinski definition) is 4. The minimum absolute atomic E-state index is 0.152. The van der Waals surface area contributed by atoms with E-state index in [0.717, 1.165) is 23.3 Å². The molecule has 1 aromatic rings. The number of benzene rings is 1. The Labute approximate surface area is 129 Å². The van der Waals surface area contributed by atoms with E-state index in [-0.39, 0.29) is 11.8 Å². The Kier molecular flexibility index (Phi) is 5.14. The Morgan fingerprint density at radius 2 is 2.09 bits per heavy atom. The number of amides is 2. The van der Waals surface area contributed by atoms with E-state index in [4.69, 9.17) is 4.74 Å². The molecule has 0 saturated carbocycles. The van der Waals surface area contributed by atoms with Crippen molar-refractivity contribution in [1.82, 2.24) is 10.7 Å². The zero-order valence-corrected chi connectivity index (χ0v) is 13.2. The van der Waals surface area contributed by atoms with E-state index in [2.05, 4.69) is 21.9 Å². The lowest BCUT2D eigenvalue weighted by atomic mass is 10.0. The van der Waals surface area contributed by atoms with Crippen LogP contribution in [0.15, 0.2) is 17.2 Å². The van der Waals surface area contributed by atoms with Crippen LogP contribution in [0.2, 0.25) is 0 Å². The van der Waals surface area contributed by atoms with Gasteiger partial charge in [-0.25, -0.2) is 5.43 Å². The number of nitrogens with zero attached hydrogens (tertiary/aromatic N) is 1. The van der Waals surface area contributed by atoms with E-state index < -0.39 is 0 Å². The first-order valence-electron chi connectivity index (χ1n) is 7.29. The molecule has 0 atom stereocenters. The van der Waals surface area contributed by atoms with Crippen molar-refractivity contribution in [2.45, 2.75) is 33.1 Å². The standard InChI is InChI=1S/C16H21N3O3/c1-10-9-14(22-3)11(2)8-12(10)6-7-17-16(21)13-4-5-15(20)19-18-13/h8-9H,4-7H2,1-3H3,(H,17,21)(H,19,20). The molecule has 1 heterocycles. The summed E-state index contributed by atoms with van der Waals surface area (Å²) in [6, 6.07) is 4.09. The van der Waals surface area contributed by atoms with Crippen molar-refractivity contribution in [3.05, 3.63) is 28.8 Å². The fourth-order valence-electron chi connectivity index (χ4n) is 2.39. The predicted molar refractivity (Wildman–Crippen MR) is 84.0 cm³/mol. The summed E-state index contributed by atoms with van der Waals surface area (Å²) in [5, 5.41) is 6.62. The molecule has 6 heteroatoms. The van der Waals surface area contributed by atoms with E-state index in [9.17, 15) is 9.59 Å². The molecule has 2 rings (SSSR count). The summed E-state index contributed by atoms with van der Waals surface area (Å²) in [6.07, 6.45) is 1.43. The van der Waals surface area contributed by atoms with Gasteiger partial charge in [0.05, 0.1) is 7.11 Å². The highest BCUT2D eigenvalue weighted by atomic mass is 16.5. The van der Waals surface area contributed by atoms with Gasteiger partial charge in [-0.2, -0.15) is 5.10 Å². The first-order valence-corrected chi connectivity index (χ1v) is 7.29. The number of methoxy groups -OCH3 is 1. The van der Waals surface area contributed by atoms with Crippen LogP contribution in [0.3, 0.4) is 0 Å². The number of carbonyl (C=O) groups is 2. The topological polar surface area (TPSA) is 79.8 Å². The molecular formula is C16H21N3O3. The van der Waals surface area contributed by atoms with Crippen LogP contribution >= 0.6 is 0 Å². The largest absolute Gasteiger partial charge is 0.496 e. The monoisotopic (exact) mass is 303 g/mol. The molecule has 0 aromatic heterocycles. The molecule has 6 nitrogen and oxygen atoms in total. The minimum atomic E-state index is -0.220. The van der Waals surface area contributed by atoms with Crippen molar-refractivity contribution in [3.8, 4) is 5.75 Å². The van der Waals surface area contributed by atoms with E-state index in [1.807, 2.05) is 19.9 Å². The molecule has 118 valence electrons. The third-order valence-electron chi connectivity index (χ3n) is 3.70. The van der Waals surface area contributed by atoms with Crippen LogP contribution in [-0.4, -0.2) is 31.2 Å². The van der Waals surface area contributed by atoms with Gasteiger partial charge < -0.3 is 10.1 Å². The third-order valence-corrected chi connectivity index (χ3v) is 3.70. The number of carbonyl (C=O) groups excluding carboxylic acids is 2. The van der Waals surface area contributed by atoms with Crippen LogP contribution in [0.5, 0.6) is 5.75 Å². The summed E-state index contributed by atoms with van der Waals surface area (Å²) in [4.78, 5) is 22.9. The maximum atomic E-state index is 11.9. The number of aryl methyl sites for hydroxylation is 2. The number of rotatable bonds is 5. The molecule has 1 aliphatic heterocycles. The lowest BCUT2D eigenvalue weighted by molar-refractivity contribution is -0.121. The molecule has 0 unspecified atom stereocenters. The number of ether oxygens (including phenoxy) is 1. The van der Waals surface area contributed by atoms with Crippen LogP contribution in [0.25, 0.3) is 0 Å². The van der Waals surface area contributed by atoms with Gasteiger partial charge >= 0.3 is 0 Å². The average molecular weight is 303 g/mol. The van der Waals surface area contributed by atoms with Crippen molar-refractivity contribution in [3.63, 3.8) is 0 Å². The van der Waals surface area contributed by atoms with Gasteiger partial charge in [0.2, 0.25) is 5.91 Å². The van der Waals surface area contributed by atoms with Crippen LogP contribution in [0.4, 0.5) is 0 Å². The van der Waals surface area contributed by atoms with E-state index >= 15 is 0 Å². The summed E-state index contributed by atoms with van der Waals surface area (Å²) in [6.45, 7) is 4.55. The van der Waals surface area contributed by atoms with E-state index in [1.165, 1.54) is 5.56 Å². The molecule has 0 fully saturated rings. The Balaban J connectivity index is 1.90. The van der Waals surface area contributed by atoms with Gasteiger partial charge in [0.15, 0.2) is 0 Å². The SMILES string of the molecule is COc1cc(C)c(CCNC(=O)C2=NNC(=O)CC2)cc1C. The lowest BCUT2D eigenvalue weighted by Gasteiger charge is -2.13. The van der Waals surface area contributed by atoms with Gasteiger partial charge in [-0.1, -0.05) is 6.07 Å². The molecule has 0 bridgehead atoms. The molecule has 0 saturated heterocycles. The molecule has 0 radical (unpaired) electrons. The van der Waals surface area contributed by atoms with Gasteiger partial charge in [-0.05, 0) is 43.0 Å². The fourth-order valence-corrected chi connectivity index (χ4v) is 2.39. The summed E-state index contributed by atoms with van der Waals surface area (Å²) >= 11 is 0. The highest BCUT2D eigenvalue weighted by Crippen LogP contribution is 2.22. The Hall–Kier alpha value is -2.37. The molecule has 22 heavy (non-hydrogen) atoms. The first kappa shape index (κ1) is 16.0. The van der Waals surface area contributed by atoms with Crippen LogP contribution in [-0.2, 0) is 16.0 Å². The van der Waals surface area contributed by atoms with Crippen molar-refractivity contribution in [2.75, 3.05) is 13.7 Å². The van der Waals surface area contributed by atoms with Crippen LogP contribution in [0.1, 0.15) is 29.5 Å². The van der Waals surface area contributed by atoms with Crippen LogP contribution in [0, 0.1) is 13.8 Å². The fraction of sp³-hybridized carbons (Fsp3) is 0.438. The second-order valence-electron chi connectivity index (χ2n) is 5.35. The minimum Gasteiger partial charge on any atom is -0.496 e. The predicted octanol–water partition coefficient (Wildman–Crippen LogP) is 1.24. The summed E-state index contributed by atoms with van der Waals surface area (Å²) in [7, 11) is 1.66. The highest BCUT2D eigenvalue weighted by molar-refractivity contribution is 6.39. The molecule has 1 aromatic carbocycles. The molecule has 0 spiro atoms. The van der Waals surface area contributed by atoms with Crippen molar-refractivity contribution >= 4 is 17.5 Å². The molecule has 2 N–H and O–H groups in total. The van der Waals surface area contributed by atoms with Gasteiger partial charge in [0.25, 0.3) is 5.91 Å². The maximum Gasteiger partial charge on any atom is 0.267 e. The van der Waals surface area contributed by atoms with Crippen LogP contribution < -0.4 is 15.5 Å². The molecule has 2 amide bonds. The summed E-state index contributed by atoms with van der Waals surface area (Å²) in [5.41, 5.74) is 6.10. The summed E-state index contributed by atoms with van der Waals surface area (Å²) < 4.78 is 5.29. The smallest absolute Gasteiger partial charge is 0.267 e. The molecular weight excluding hydrogens is 282 g/mol. The number of hydrogen-bond donors (Lipinski definition) is 2. The Morgan fingerprint density at radius 3 is 2.73 bits per heavy atom. The maximum absolute atomic E-state index is 11.9. The van der Waals surface area contributed by atoms with Gasteiger partial charge in [-0.3, -0.25) is 9.59 Å². The summed E-state index contributed by atoms with van der Waals surface area (Å²) in [5.74, 6) is 0.501. The zero-order chi connectivity index (χ0) is 16.1. The van der Waals surface area contributed by atoms with E-state index in [1.54, 1.807) is 7.11 Å². The van der Waals surface area contributed by atoms with Crippen molar-refractivity contribution in [2.24, 2.45) is 5.10 Å². The Bertz CT molecular complexity index is 623. The van der Waals surface area contributed by atoms with Gasteiger partial charge in [0.1, 0.15) is 11.5 Å². The molecule has 0 aliphatic carbocycles. The second-order valence-corrected chi connectivity index (χ2v) is 5.35. The third kappa shape index (κ3) is 3.84. The molecule has 1 aliphatic rings. The Morgan fingerprint density at radius 1 is 1.32 bits per heavy atom. The second kappa shape index (κ2) is 7.06. The van der Waals surface area contributed by atoms with Gasteiger partial charge in [-0.15, -0.1) is 0 Å². The normalized spacial score (nSPS) is 14.1. The first-order chi connectivity index (χ1) is 10.5. The quantitative estimate of drug-likeness (QED) is 0.859. The highest BCUT2D eigenvalue weighted by Gasteiger charge is 2.17. The van der Waals surface area contributed by atoms with Crippen molar-refractivity contribution in [1.29, 1.82) is 0 Å². The number of hydrazone groups is 1. The lowest BCUT2D eigenvalue weighted by Crippen LogP contribution is -2.37. The van der Waals surface area contributed by atoms with E-state index in [0.29, 0.717) is 25.1 Å². The van der Waals surface area contributed by atoms with Crippen molar-refractivity contribution < 1.29 is 14.3 Å².